The van der Waals surface area contributed by atoms with Gasteiger partial charge in [-0.3, -0.25) is 0 Å². The Labute approximate surface area is 131 Å². The van der Waals surface area contributed by atoms with Gasteiger partial charge in [0.2, 0.25) is 0 Å². The number of thiophene rings is 1. The second kappa shape index (κ2) is 4.93. The van der Waals surface area contributed by atoms with E-state index in [4.69, 9.17) is 4.74 Å². The summed E-state index contributed by atoms with van der Waals surface area (Å²) >= 11 is 1.47. The van der Waals surface area contributed by atoms with Gasteiger partial charge in [-0.15, -0.1) is 0 Å². The molecule has 22 heavy (non-hydrogen) atoms. The van der Waals surface area contributed by atoms with Crippen molar-refractivity contribution in [3.63, 3.8) is 0 Å². The molecule has 1 aromatic heterocycles. The zero-order valence-electron chi connectivity index (χ0n) is 11.8. The van der Waals surface area contributed by atoms with Gasteiger partial charge in [-0.25, -0.2) is 4.39 Å². The predicted octanol–water partition coefficient (Wildman–Crippen LogP) is 4.62. The van der Waals surface area contributed by atoms with E-state index in [2.05, 4.69) is 0 Å². The summed E-state index contributed by atoms with van der Waals surface area (Å²) in [6.45, 7) is 0. The van der Waals surface area contributed by atoms with Crippen LogP contribution >= 0.6 is 11.3 Å². The molecule has 0 amide bonds. The molecule has 4 heteroatoms. The average Bonchev–Trinajstić information content (AvgIpc) is 2.94. The molecule has 0 bridgehead atoms. The number of halogens is 1. The molecule has 1 aliphatic carbocycles. The molecule has 1 unspecified atom stereocenters. The minimum atomic E-state index is -0.840. The lowest BCUT2D eigenvalue weighted by Crippen LogP contribution is -2.02. The average molecular weight is 312 g/mol. The number of aliphatic hydroxyl groups excluding tert-OH is 1. The molecule has 0 saturated carbocycles. The molecule has 0 aliphatic heterocycles. The van der Waals surface area contributed by atoms with Crippen molar-refractivity contribution >= 4 is 11.3 Å². The van der Waals surface area contributed by atoms with E-state index in [1.165, 1.54) is 17.4 Å². The molecule has 2 nitrogen and oxygen atoms in total. The second-order valence-electron chi connectivity index (χ2n) is 5.21. The summed E-state index contributed by atoms with van der Waals surface area (Å²) < 4.78 is 19.8. The molecule has 1 aliphatic rings. The number of aliphatic hydroxyl groups is 1. The van der Waals surface area contributed by atoms with Crippen molar-refractivity contribution < 1.29 is 14.2 Å². The largest absolute Gasteiger partial charge is 0.487 e. The molecule has 3 aromatic rings. The quantitative estimate of drug-likeness (QED) is 0.710. The molecular weight excluding hydrogens is 299 g/mol. The van der Waals surface area contributed by atoms with E-state index in [0.29, 0.717) is 11.1 Å². The summed E-state index contributed by atoms with van der Waals surface area (Å²) in [4.78, 5) is 0.926. The van der Waals surface area contributed by atoms with Crippen LogP contribution in [-0.4, -0.2) is 12.2 Å². The molecular formula is C18H13FO2S. The van der Waals surface area contributed by atoms with Crippen molar-refractivity contribution in [1.82, 2.24) is 0 Å². The number of hydrogen-bond acceptors (Lipinski definition) is 3. The zero-order chi connectivity index (χ0) is 15.3. The van der Waals surface area contributed by atoms with E-state index in [0.717, 1.165) is 26.6 Å². The number of methoxy groups -OCH3 is 1. The molecule has 0 fully saturated rings. The highest BCUT2D eigenvalue weighted by Gasteiger charge is 2.29. The molecule has 0 spiro atoms. The van der Waals surface area contributed by atoms with Gasteiger partial charge < -0.3 is 9.84 Å². The van der Waals surface area contributed by atoms with Crippen molar-refractivity contribution in [3.05, 3.63) is 65.5 Å². The van der Waals surface area contributed by atoms with Crippen LogP contribution in [0.5, 0.6) is 5.06 Å². The van der Waals surface area contributed by atoms with Crippen molar-refractivity contribution in [2.75, 3.05) is 7.11 Å². The van der Waals surface area contributed by atoms with Gasteiger partial charge in [-0.2, -0.15) is 0 Å². The van der Waals surface area contributed by atoms with Crippen LogP contribution in [0.2, 0.25) is 0 Å². The fourth-order valence-electron chi connectivity index (χ4n) is 3.02. The lowest BCUT2D eigenvalue weighted by atomic mass is 9.96. The number of hydrogen-bond donors (Lipinski definition) is 1. The van der Waals surface area contributed by atoms with Crippen molar-refractivity contribution in [3.8, 4) is 26.6 Å². The smallest absolute Gasteiger partial charge is 0.174 e. The Balaban J connectivity index is 2.15. The number of fused-ring (bicyclic) bond motifs is 5. The van der Waals surface area contributed by atoms with Gasteiger partial charge in [0.25, 0.3) is 0 Å². The van der Waals surface area contributed by atoms with Gasteiger partial charge in [-0.1, -0.05) is 47.7 Å². The van der Waals surface area contributed by atoms with Crippen LogP contribution in [0.25, 0.3) is 21.6 Å². The molecule has 1 heterocycles. The first-order chi connectivity index (χ1) is 10.7. The maximum Gasteiger partial charge on any atom is 0.174 e. The SMILES string of the molecule is COc1cc2c(s1)-c1ccccc1C(O)c1cccc(F)c1-2. The molecule has 0 radical (unpaired) electrons. The Bertz CT molecular complexity index is 869. The Morgan fingerprint density at radius 3 is 2.64 bits per heavy atom. The highest BCUT2D eigenvalue weighted by atomic mass is 32.1. The van der Waals surface area contributed by atoms with Gasteiger partial charge in [0.05, 0.1) is 7.11 Å². The summed E-state index contributed by atoms with van der Waals surface area (Å²) in [5.41, 5.74) is 3.54. The van der Waals surface area contributed by atoms with Gasteiger partial charge in [-0.05, 0) is 22.8 Å². The second-order valence-corrected chi connectivity index (χ2v) is 6.22. The Hall–Kier alpha value is -2.17. The number of benzene rings is 2. The summed E-state index contributed by atoms with van der Waals surface area (Å²) in [7, 11) is 1.61. The first kappa shape index (κ1) is 13.5. The highest BCUT2D eigenvalue weighted by molar-refractivity contribution is 7.18. The lowest BCUT2D eigenvalue weighted by molar-refractivity contribution is 0.221. The van der Waals surface area contributed by atoms with E-state index >= 15 is 0 Å². The Kier molecular flexibility index (Phi) is 3.03. The highest BCUT2D eigenvalue weighted by Crippen LogP contribution is 2.50. The maximum absolute atomic E-state index is 14.5. The van der Waals surface area contributed by atoms with Gasteiger partial charge in [0, 0.05) is 22.1 Å². The van der Waals surface area contributed by atoms with E-state index in [1.807, 2.05) is 30.3 Å². The molecule has 0 saturated heterocycles. The number of rotatable bonds is 1. The third kappa shape index (κ3) is 1.81. The van der Waals surface area contributed by atoms with Crippen LogP contribution in [0.15, 0.2) is 48.5 Å². The van der Waals surface area contributed by atoms with Crippen LogP contribution < -0.4 is 4.74 Å². The van der Waals surface area contributed by atoms with E-state index < -0.39 is 6.10 Å². The fraction of sp³-hybridized carbons (Fsp3) is 0.111. The molecule has 110 valence electrons. The Morgan fingerprint density at radius 2 is 1.82 bits per heavy atom. The van der Waals surface area contributed by atoms with E-state index in [9.17, 15) is 9.50 Å². The van der Waals surface area contributed by atoms with Crippen molar-refractivity contribution in [1.29, 1.82) is 0 Å². The monoisotopic (exact) mass is 312 g/mol. The first-order valence-electron chi connectivity index (χ1n) is 6.94. The summed E-state index contributed by atoms with van der Waals surface area (Å²) in [6, 6.07) is 14.3. The van der Waals surface area contributed by atoms with E-state index in [-0.39, 0.29) is 5.82 Å². The molecule has 1 atom stereocenters. The minimum absolute atomic E-state index is 0.328. The summed E-state index contributed by atoms with van der Waals surface area (Å²) in [5, 5.41) is 11.5. The normalized spacial score (nSPS) is 15.5. The summed E-state index contributed by atoms with van der Waals surface area (Å²) in [5.74, 6) is -0.328. The Morgan fingerprint density at radius 1 is 1.05 bits per heavy atom. The topological polar surface area (TPSA) is 29.5 Å². The summed E-state index contributed by atoms with van der Waals surface area (Å²) in [6.07, 6.45) is -0.840. The first-order valence-corrected chi connectivity index (χ1v) is 7.76. The van der Waals surface area contributed by atoms with Crippen LogP contribution in [0.4, 0.5) is 4.39 Å². The van der Waals surface area contributed by atoms with Crippen LogP contribution in [0.1, 0.15) is 17.2 Å². The molecule has 1 N–H and O–H groups in total. The lowest BCUT2D eigenvalue weighted by Gasteiger charge is -2.14. The van der Waals surface area contributed by atoms with Gasteiger partial charge in [0.15, 0.2) is 5.06 Å². The predicted molar refractivity (Wildman–Crippen MR) is 85.8 cm³/mol. The zero-order valence-corrected chi connectivity index (χ0v) is 12.7. The standard InChI is InChI=1S/C18H13FO2S/c1-21-15-9-13-16-12(7-4-8-14(16)19)17(20)10-5-2-3-6-11(10)18(13)22-15/h2-9,17,20H,1H3. The molecule has 2 aromatic carbocycles. The third-order valence-electron chi connectivity index (χ3n) is 4.02. The third-order valence-corrected chi connectivity index (χ3v) is 5.15. The maximum atomic E-state index is 14.5. The molecule has 4 rings (SSSR count). The van der Waals surface area contributed by atoms with Crippen LogP contribution in [0, 0.1) is 5.82 Å². The number of ether oxygens (including phenoxy) is 1. The van der Waals surface area contributed by atoms with Crippen molar-refractivity contribution in [2.45, 2.75) is 6.10 Å². The van der Waals surface area contributed by atoms with Crippen LogP contribution in [0.3, 0.4) is 0 Å². The fourth-order valence-corrected chi connectivity index (χ4v) is 4.05. The van der Waals surface area contributed by atoms with Gasteiger partial charge >= 0.3 is 0 Å². The van der Waals surface area contributed by atoms with Crippen molar-refractivity contribution in [2.24, 2.45) is 0 Å². The van der Waals surface area contributed by atoms with E-state index in [1.54, 1.807) is 19.2 Å². The van der Waals surface area contributed by atoms with Crippen LogP contribution in [-0.2, 0) is 0 Å². The minimum Gasteiger partial charge on any atom is -0.487 e. The van der Waals surface area contributed by atoms with Gasteiger partial charge in [0.1, 0.15) is 11.9 Å².